The normalized spacial score (nSPS) is 14.2. The zero-order valence-corrected chi connectivity index (χ0v) is 8.52. The summed E-state index contributed by atoms with van der Waals surface area (Å²) in [7, 11) is 0.849. The van der Waals surface area contributed by atoms with Crippen molar-refractivity contribution < 1.29 is 5.11 Å². The maximum Gasteiger partial charge on any atom is 0.118 e. The molecule has 0 aliphatic carbocycles. The highest BCUT2D eigenvalue weighted by Gasteiger charge is 2.18. The molecule has 0 radical (unpaired) electrons. The molecule has 0 aromatic rings. The Bertz CT molecular complexity index is 135. The van der Waals surface area contributed by atoms with Gasteiger partial charge in [-0.15, -0.1) is 5.54 Å². The van der Waals surface area contributed by atoms with Crippen LogP contribution in [0.3, 0.4) is 0 Å². The highest BCUT2D eigenvalue weighted by molar-refractivity contribution is 6.22. The van der Waals surface area contributed by atoms with E-state index in [9.17, 15) is 5.11 Å². The van der Waals surface area contributed by atoms with Crippen LogP contribution in [0, 0.1) is 16.9 Å². The maximum atomic E-state index is 9.23. The van der Waals surface area contributed by atoms with Crippen LogP contribution >= 0.6 is 0 Å². The minimum atomic E-state index is -0.463. The van der Waals surface area contributed by atoms with Gasteiger partial charge >= 0.3 is 0 Å². The number of hydrogen-bond acceptors (Lipinski definition) is 1. The van der Waals surface area contributed by atoms with Crippen LogP contribution in [-0.4, -0.2) is 21.5 Å². The Kier molecular flexibility index (Phi) is 2.96. The van der Waals surface area contributed by atoms with Gasteiger partial charge in [-0.25, -0.2) is 0 Å². The molecule has 0 aromatic heterocycles. The molecule has 1 N–H and O–H groups in total. The van der Waals surface area contributed by atoms with E-state index in [0.29, 0.717) is 0 Å². The van der Waals surface area contributed by atoms with Gasteiger partial charge in [0.2, 0.25) is 0 Å². The molecule has 0 rings (SSSR count). The second-order valence-corrected chi connectivity index (χ2v) is 3.66. The van der Waals surface area contributed by atoms with Crippen molar-refractivity contribution in [3.05, 3.63) is 0 Å². The van der Waals surface area contributed by atoms with Crippen molar-refractivity contribution in [1.29, 1.82) is 0 Å². The van der Waals surface area contributed by atoms with Crippen molar-refractivity contribution in [3.8, 4) is 11.5 Å². The first-order chi connectivity index (χ1) is 3.98. The summed E-state index contributed by atoms with van der Waals surface area (Å²) in [6.07, 6.45) is -0.463. The molecule has 0 bridgehead atoms. The largest absolute Gasteiger partial charge is 0.380 e. The van der Waals surface area contributed by atoms with Gasteiger partial charge in [0.1, 0.15) is 6.10 Å². The smallest absolute Gasteiger partial charge is 0.118 e. The van der Waals surface area contributed by atoms with E-state index in [1.165, 1.54) is 0 Å². The minimum Gasteiger partial charge on any atom is -0.380 e. The lowest BCUT2D eigenvalue weighted by atomic mass is 9.90. The van der Waals surface area contributed by atoms with Gasteiger partial charge in [0.15, 0.2) is 0 Å². The zero-order chi connectivity index (χ0) is 7.49. The van der Waals surface area contributed by atoms with Gasteiger partial charge in [0.05, 0.1) is 10.2 Å². The Hall–Kier alpha value is -0.263. The molecule has 1 unspecified atom stereocenters. The first kappa shape index (κ1) is 8.74. The van der Waals surface area contributed by atoms with Crippen molar-refractivity contribution in [2.75, 3.05) is 0 Å². The van der Waals surface area contributed by atoms with E-state index in [1.807, 2.05) is 20.8 Å². The maximum absolute atomic E-state index is 9.23. The van der Waals surface area contributed by atoms with Crippen LogP contribution in [0.5, 0.6) is 0 Å². The molecule has 1 atom stereocenters. The molecule has 0 aliphatic rings. The summed E-state index contributed by atoms with van der Waals surface area (Å²) < 4.78 is 0. The average molecular weight is 142 g/mol. The van der Waals surface area contributed by atoms with E-state index in [1.54, 1.807) is 0 Å². The fraction of sp³-hybridized carbons (Fsp3) is 0.714. The minimum absolute atomic E-state index is 0.0859. The third-order valence-corrected chi connectivity index (χ3v) is 1.39. The lowest BCUT2D eigenvalue weighted by molar-refractivity contribution is 0.114. The Labute approximate surface area is 59.9 Å². The number of aliphatic hydroxyl groups excluding tert-OH is 1. The summed E-state index contributed by atoms with van der Waals surface area (Å²) in [4.78, 5) is 0. The average Bonchev–Trinajstić information content (AvgIpc) is 1.64. The Balaban J connectivity index is 3.99. The van der Waals surface area contributed by atoms with Gasteiger partial charge < -0.3 is 5.11 Å². The fourth-order valence-corrected chi connectivity index (χ4v) is 0.627. The van der Waals surface area contributed by atoms with E-state index in [0.717, 1.165) is 10.2 Å². The topological polar surface area (TPSA) is 20.2 Å². The summed E-state index contributed by atoms with van der Waals surface area (Å²) in [5.41, 5.74) is 2.73. The van der Waals surface area contributed by atoms with Crippen LogP contribution in [-0.2, 0) is 0 Å². The van der Waals surface area contributed by atoms with Crippen LogP contribution in [0.15, 0.2) is 0 Å². The van der Waals surface area contributed by atoms with Gasteiger partial charge in [-0.05, 0) is 5.41 Å². The number of rotatable bonds is 0. The first-order valence-corrected chi connectivity index (χ1v) is 4.09. The Morgan fingerprint density at radius 3 is 2.00 bits per heavy atom. The SMILES string of the molecule is CC(C)(C)C(O)C#C[SiH3]. The van der Waals surface area contributed by atoms with Crippen LogP contribution in [0.2, 0.25) is 0 Å². The molecule has 9 heavy (non-hydrogen) atoms. The standard InChI is InChI=1S/C7H14OSi/c1-7(2,3)6(8)4-5-9/h6,8H,1-3,9H3. The number of hydrogen-bond donors (Lipinski definition) is 1. The molecule has 0 fully saturated rings. The van der Waals surface area contributed by atoms with E-state index >= 15 is 0 Å². The second kappa shape index (κ2) is 3.05. The summed E-state index contributed by atoms with van der Waals surface area (Å²) in [5.74, 6) is 2.75. The van der Waals surface area contributed by atoms with Crippen LogP contribution in [0.25, 0.3) is 0 Å². The second-order valence-electron chi connectivity index (χ2n) is 3.16. The quantitative estimate of drug-likeness (QED) is 0.364. The lowest BCUT2D eigenvalue weighted by Gasteiger charge is -2.20. The molecule has 52 valence electrons. The van der Waals surface area contributed by atoms with E-state index in [2.05, 4.69) is 11.5 Å². The molecule has 2 heteroatoms. The van der Waals surface area contributed by atoms with E-state index < -0.39 is 6.10 Å². The van der Waals surface area contributed by atoms with E-state index in [-0.39, 0.29) is 5.41 Å². The summed E-state index contributed by atoms with van der Waals surface area (Å²) in [6, 6.07) is 0. The van der Waals surface area contributed by atoms with Gasteiger partial charge in [-0.3, -0.25) is 0 Å². The number of aliphatic hydroxyl groups is 1. The summed E-state index contributed by atoms with van der Waals surface area (Å²) in [6.45, 7) is 5.93. The molecular weight excluding hydrogens is 128 g/mol. The Morgan fingerprint density at radius 1 is 1.44 bits per heavy atom. The third-order valence-electron chi connectivity index (χ3n) is 1.10. The molecule has 1 nitrogen and oxygen atoms in total. The van der Waals surface area contributed by atoms with Crippen molar-refractivity contribution in [2.45, 2.75) is 26.9 Å². The van der Waals surface area contributed by atoms with Crippen molar-refractivity contribution in [3.63, 3.8) is 0 Å². The first-order valence-electron chi connectivity index (χ1n) is 3.09. The highest BCUT2D eigenvalue weighted by Crippen LogP contribution is 2.17. The summed E-state index contributed by atoms with van der Waals surface area (Å²) >= 11 is 0. The van der Waals surface area contributed by atoms with Crippen molar-refractivity contribution >= 4 is 10.2 Å². The van der Waals surface area contributed by atoms with Gasteiger partial charge in [0, 0.05) is 0 Å². The molecular formula is C7H14OSi. The highest BCUT2D eigenvalue weighted by atomic mass is 28.1. The molecule has 0 amide bonds. The lowest BCUT2D eigenvalue weighted by Crippen LogP contribution is -2.23. The molecule has 0 saturated carbocycles. The van der Waals surface area contributed by atoms with Crippen molar-refractivity contribution in [1.82, 2.24) is 0 Å². The van der Waals surface area contributed by atoms with Crippen LogP contribution < -0.4 is 0 Å². The molecule has 0 heterocycles. The molecule has 0 saturated heterocycles. The third kappa shape index (κ3) is 3.34. The van der Waals surface area contributed by atoms with Crippen LogP contribution in [0.4, 0.5) is 0 Å². The molecule has 0 aliphatic heterocycles. The summed E-state index contributed by atoms with van der Waals surface area (Å²) in [5, 5.41) is 9.23. The zero-order valence-electron chi connectivity index (χ0n) is 6.52. The Morgan fingerprint density at radius 2 is 1.89 bits per heavy atom. The van der Waals surface area contributed by atoms with E-state index in [4.69, 9.17) is 0 Å². The van der Waals surface area contributed by atoms with Crippen LogP contribution in [0.1, 0.15) is 20.8 Å². The van der Waals surface area contributed by atoms with Gasteiger partial charge in [0.25, 0.3) is 0 Å². The molecule has 0 aromatic carbocycles. The predicted molar refractivity (Wildman–Crippen MR) is 43.2 cm³/mol. The molecule has 0 spiro atoms. The predicted octanol–water partition coefficient (Wildman–Crippen LogP) is -0.280. The fourth-order valence-electron chi connectivity index (χ4n) is 0.353. The monoisotopic (exact) mass is 142 g/mol. The van der Waals surface area contributed by atoms with Gasteiger partial charge in [-0.1, -0.05) is 26.7 Å². The van der Waals surface area contributed by atoms with Gasteiger partial charge in [-0.2, -0.15) is 0 Å². The van der Waals surface area contributed by atoms with Crippen molar-refractivity contribution in [2.24, 2.45) is 5.41 Å².